The first-order chi connectivity index (χ1) is 17.0. The Morgan fingerprint density at radius 1 is 0.611 bits per heavy atom. The molecule has 0 aliphatic heterocycles. The average Bonchev–Trinajstić information content (AvgIpc) is 2.89. The van der Waals surface area contributed by atoms with Gasteiger partial charge in [0, 0.05) is 0 Å². The highest BCUT2D eigenvalue weighted by Crippen LogP contribution is 2.40. The summed E-state index contributed by atoms with van der Waals surface area (Å²) >= 11 is 0. The Hall–Kier alpha value is -1.37. The quantitative estimate of drug-likeness (QED) is 0.371. The highest BCUT2D eigenvalue weighted by atomic mass is 28.4. The van der Waals surface area contributed by atoms with E-state index in [1.54, 1.807) is 0 Å². The minimum atomic E-state index is -3.14. The zero-order valence-corrected chi connectivity index (χ0v) is 24.5. The molecule has 200 valence electrons. The molecule has 1 fully saturated rings. The first-order valence-corrected chi connectivity index (χ1v) is 17.6. The van der Waals surface area contributed by atoms with E-state index < -0.39 is 53.3 Å². The molecule has 3 rings (SSSR count). The fourth-order valence-electron chi connectivity index (χ4n) is 5.64. The van der Waals surface area contributed by atoms with Crippen molar-refractivity contribution in [2.45, 2.75) is 101 Å². The summed E-state index contributed by atoms with van der Waals surface area (Å²) in [5.74, 6) is 0. The molecule has 2 aromatic rings. The first-order valence-electron chi connectivity index (χ1n) is 13.2. The van der Waals surface area contributed by atoms with Crippen LogP contribution in [0.25, 0.3) is 0 Å². The molecule has 0 heterocycles. The Morgan fingerprint density at radius 2 is 1.00 bits per heavy atom. The summed E-state index contributed by atoms with van der Waals surface area (Å²) in [4.78, 5) is 0. The van der Waals surface area contributed by atoms with Gasteiger partial charge in [-0.05, 0) is 33.5 Å². The molecule has 0 saturated heterocycles. The van der Waals surface area contributed by atoms with Gasteiger partial charge in [0.05, 0.1) is 0 Å². The van der Waals surface area contributed by atoms with Gasteiger partial charge in [0.2, 0.25) is 0 Å². The van der Waals surface area contributed by atoms with Crippen LogP contribution in [-0.4, -0.2) is 73.7 Å². The van der Waals surface area contributed by atoms with E-state index in [9.17, 15) is 20.4 Å². The zero-order valence-electron chi connectivity index (χ0n) is 22.5. The second kappa shape index (κ2) is 11.6. The normalized spacial score (nSPS) is 27.7. The van der Waals surface area contributed by atoms with E-state index in [1.165, 1.54) is 0 Å². The maximum Gasteiger partial charge on any atom is 0.261 e. The van der Waals surface area contributed by atoms with Gasteiger partial charge in [0.15, 0.2) is 8.32 Å². The van der Waals surface area contributed by atoms with E-state index in [1.807, 2.05) is 60.7 Å². The van der Waals surface area contributed by atoms with Crippen LogP contribution in [0.15, 0.2) is 60.7 Å². The monoisotopic (exact) mass is 532 g/mol. The molecule has 0 spiro atoms. The summed E-state index contributed by atoms with van der Waals surface area (Å²) in [6, 6.07) is 22.4. The van der Waals surface area contributed by atoms with E-state index in [2.05, 4.69) is 41.5 Å². The van der Waals surface area contributed by atoms with Crippen LogP contribution in [0.4, 0.5) is 0 Å². The molecule has 1 saturated carbocycles. The van der Waals surface area contributed by atoms with E-state index in [0.29, 0.717) is 0 Å². The van der Waals surface area contributed by atoms with Crippen LogP contribution >= 0.6 is 0 Å². The van der Waals surface area contributed by atoms with Crippen LogP contribution in [0.3, 0.4) is 0 Å². The third-order valence-corrected chi connectivity index (χ3v) is 17.8. The fraction of sp³-hybridized carbons (Fsp3) is 0.571. The summed E-state index contributed by atoms with van der Waals surface area (Å²) in [7, 11) is -5.39. The summed E-state index contributed by atoms with van der Waals surface area (Å²) in [5.41, 5.74) is 0. The molecule has 4 N–H and O–H groups in total. The number of aliphatic hydroxyl groups excluding tert-OH is 4. The molecule has 8 heteroatoms. The van der Waals surface area contributed by atoms with Crippen LogP contribution in [0.2, 0.25) is 23.2 Å². The van der Waals surface area contributed by atoms with Crippen molar-refractivity contribution in [2.75, 3.05) is 0 Å². The molecule has 0 bridgehead atoms. The van der Waals surface area contributed by atoms with Crippen molar-refractivity contribution in [1.82, 2.24) is 0 Å². The largest absolute Gasteiger partial charge is 0.408 e. The Balaban J connectivity index is 2.14. The SMILES string of the molecule is CC[Si](CC)(CC)O[C@H]1[C@@H](O)[C@@H](O[Si](c2ccccc2)(c2ccccc2)C(C)(C)C)[C@H](O)[C@@H](O)[C@@H]1O. The second-order valence-corrected chi connectivity index (χ2v) is 20.0. The van der Waals surface area contributed by atoms with Gasteiger partial charge in [-0.15, -0.1) is 0 Å². The number of rotatable bonds is 9. The number of aliphatic hydroxyl groups is 4. The zero-order chi connectivity index (χ0) is 26.7. The van der Waals surface area contributed by atoms with Crippen LogP contribution < -0.4 is 10.4 Å². The van der Waals surface area contributed by atoms with Crippen LogP contribution in [-0.2, 0) is 8.85 Å². The maximum atomic E-state index is 11.6. The summed E-state index contributed by atoms with van der Waals surface area (Å²) in [6.07, 6.45) is -7.88. The molecule has 0 aromatic heterocycles. The van der Waals surface area contributed by atoms with Gasteiger partial charge in [0.25, 0.3) is 8.32 Å². The van der Waals surface area contributed by atoms with Gasteiger partial charge in [-0.3, -0.25) is 0 Å². The Labute approximate surface area is 218 Å². The van der Waals surface area contributed by atoms with Crippen LogP contribution in [0.1, 0.15) is 41.5 Å². The van der Waals surface area contributed by atoms with E-state index in [0.717, 1.165) is 28.5 Å². The lowest BCUT2D eigenvalue weighted by atomic mass is 9.85. The molecule has 2 aromatic carbocycles. The van der Waals surface area contributed by atoms with Gasteiger partial charge < -0.3 is 29.3 Å². The van der Waals surface area contributed by atoms with Crippen LogP contribution in [0.5, 0.6) is 0 Å². The van der Waals surface area contributed by atoms with Crippen molar-refractivity contribution in [2.24, 2.45) is 0 Å². The molecule has 0 amide bonds. The highest BCUT2D eigenvalue weighted by molar-refractivity contribution is 6.99. The van der Waals surface area contributed by atoms with E-state index in [-0.39, 0.29) is 5.04 Å². The molecular formula is C28H44O6Si2. The van der Waals surface area contributed by atoms with E-state index >= 15 is 0 Å². The van der Waals surface area contributed by atoms with Crippen molar-refractivity contribution >= 4 is 27.0 Å². The van der Waals surface area contributed by atoms with Crippen molar-refractivity contribution in [3.05, 3.63) is 60.7 Å². The van der Waals surface area contributed by atoms with Crippen molar-refractivity contribution in [3.8, 4) is 0 Å². The van der Waals surface area contributed by atoms with Gasteiger partial charge in [0.1, 0.15) is 36.6 Å². The summed E-state index contributed by atoms with van der Waals surface area (Å²) < 4.78 is 13.5. The number of benzene rings is 2. The van der Waals surface area contributed by atoms with Crippen LogP contribution in [0, 0.1) is 0 Å². The summed E-state index contributed by atoms with van der Waals surface area (Å²) in [5, 5.41) is 46.3. The molecule has 1 aliphatic rings. The minimum Gasteiger partial charge on any atom is -0.408 e. The average molecular weight is 533 g/mol. The number of hydrogen-bond donors (Lipinski definition) is 4. The minimum absolute atomic E-state index is 0.388. The van der Waals surface area contributed by atoms with Crippen molar-refractivity contribution in [1.29, 1.82) is 0 Å². The summed E-state index contributed by atoms with van der Waals surface area (Å²) in [6.45, 7) is 12.6. The predicted molar refractivity (Wildman–Crippen MR) is 149 cm³/mol. The lowest BCUT2D eigenvalue weighted by molar-refractivity contribution is -0.214. The maximum absolute atomic E-state index is 11.6. The Kier molecular flexibility index (Phi) is 9.38. The van der Waals surface area contributed by atoms with Gasteiger partial charge in [-0.2, -0.15) is 0 Å². The third-order valence-electron chi connectivity index (χ3n) is 8.10. The van der Waals surface area contributed by atoms with Gasteiger partial charge in [-0.25, -0.2) is 0 Å². The third kappa shape index (κ3) is 5.28. The standard InChI is InChI=1S/C28H44O6Si2/c1-7-35(8-2,9-3)33-26-23(30)22(29)24(31)27(25(26)32)34-36(28(4,5)6,20-16-12-10-13-17-20)21-18-14-11-15-19-21/h10-19,22-27,29-32H,7-9H2,1-6H3/t22-,23-,24+,25+,26+,27-/m0/s1. The molecule has 6 nitrogen and oxygen atoms in total. The fourth-order valence-corrected chi connectivity index (χ4v) is 13.2. The molecular weight excluding hydrogens is 488 g/mol. The van der Waals surface area contributed by atoms with Gasteiger partial charge in [-0.1, -0.05) is 102 Å². The van der Waals surface area contributed by atoms with Gasteiger partial charge >= 0.3 is 0 Å². The second-order valence-electron chi connectivity index (χ2n) is 11.0. The molecule has 0 radical (unpaired) electrons. The molecule has 1 aliphatic carbocycles. The molecule has 36 heavy (non-hydrogen) atoms. The smallest absolute Gasteiger partial charge is 0.261 e. The van der Waals surface area contributed by atoms with Crippen molar-refractivity contribution < 1.29 is 29.3 Å². The highest BCUT2D eigenvalue weighted by Gasteiger charge is 2.58. The topological polar surface area (TPSA) is 99.4 Å². The first kappa shape index (κ1) is 29.2. The molecule has 6 atom stereocenters. The Morgan fingerprint density at radius 3 is 1.36 bits per heavy atom. The lowest BCUT2D eigenvalue weighted by Crippen LogP contribution is -2.74. The van der Waals surface area contributed by atoms with E-state index in [4.69, 9.17) is 8.85 Å². The van der Waals surface area contributed by atoms with Crippen molar-refractivity contribution in [3.63, 3.8) is 0 Å². The lowest BCUT2D eigenvalue weighted by Gasteiger charge is -2.51. The predicted octanol–water partition coefficient (Wildman–Crippen LogP) is 2.78. The molecule has 0 unspecified atom stereocenters. The number of hydrogen-bond acceptors (Lipinski definition) is 6. The Bertz CT molecular complexity index is 900.